The van der Waals surface area contributed by atoms with Crippen molar-refractivity contribution >= 4 is 17.6 Å². The predicted octanol–water partition coefficient (Wildman–Crippen LogP) is 2.97. The summed E-state index contributed by atoms with van der Waals surface area (Å²) in [5.74, 6) is 1.21. The van der Waals surface area contributed by atoms with E-state index >= 15 is 0 Å². The highest BCUT2D eigenvalue weighted by atomic mass is 16.5. The SMILES string of the molecule is CCOC(=O)c1ccccc1NC(=O)CN1CCC(Cn2ccnc2CC)CC1. The zero-order valence-corrected chi connectivity index (χ0v) is 17.3. The van der Waals surface area contributed by atoms with Crippen LogP contribution in [0.2, 0.25) is 0 Å². The predicted molar refractivity (Wildman–Crippen MR) is 112 cm³/mol. The van der Waals surface area contributed by atoms with Crippen molar-refractivity contribution in [3.8, 4) is 0 Å². The number of likely N-dealkylation sites (tertiary alicyclic amines) is 1. The molecular formula is C22H30N4O3. The fourth-order valence-electron chi connectivity index (χ4n) is 3.80. The molecule has 2 aromatic rings. The molecule has 0 aliphatic carbocycles. The van der Waals surface area contributed by atoms with Gasteiger partial charge in [0.2, 0.25) is 5.91 Å². The molecule has 29 heavy (non-hydrogen) atoms. The topological polar surface area (TPSA) is 76.5 Å². The highest BCUT2D eigenvalue weighted by Gasteiger charge is 2.22. The maximum absolute atomic E-state index is 12.5. The van der Waals surface area contributed by atoms with Crippen molar-refractivity contribution in [2.45, 2.75) is 39.7 Å². The maximum Gasteiger partial charge on any atom is 0.340 e. The van der Waals surface area contributed by atoms with E-state index in [1.165, 1.54) is 0 Å². The number of nitrogens with zero attached hydrogens (tertiary/aromatic N) is 3. The third kappa shape index (κ3) is 5.67. The number of esters is 1. The fraction of sp³-hybridized carbons (Fsp3) is 0.500. The van der Waals surface area contributed by atoms with Crippen molar-refractivity contribution in [3.05, 3.63) is 48.0 Å². The van der Waals surface area contributed by atoms with Crippen LogP contribution >= 0.6 is 0 Å². The Bertz CT molecular complexity index is 825. The second-order valence-corrected chi connectivity index (χ2v) is 7.38. The normalized spacial score (nSPS) is 15.2. The van der Waals surface area contributed by atoms with Crippen LogP contribution in [0.1, 0.15) is 42.9 Å². The van der Waals surface area contributed by atoms with E-state index in [9.17, 15) is 9.59 Å². The van der Waals surface area contributed by atoms with Crippen LogP contribution in [0.3, 0.4) is 0 Å². The van der Waals surface area contributed by atoms with E-state index in [1.807, 2.05) is 6.20 Å². The van der Waals surface area contributed by atoms with Gasteiger partial charge in [-0.05, 0) is 50.9 Å². The first-order valence-electron chi connectivity index (χ1n) is 10.4. The van der Waals surface area contributed by atoms with Crippen LogP contribution < -0.4 is 5.32 Å². The number of rotatable bonds is 8. The number of carbonyl (C=O) groups is 2. The van der Waals surface area contributed by atoms with E-state index in [1.54, 1.807) is 31.2 Å². The molecule has 1 saturated heterocycles. The number of imidazole rings is 1. The molecule has 156 valence electrons. The van der Waals surface area contributed by atoms with E-state index in [0.717, 1.165) is 44.7 Å². The van der Waals surface area contributed by atoms with Crippen molar-refractivity contribution in [1.29, 1.82) is 0 Å². The number of benzene rings is 1. The highest BCUT2D eigenvalue weighted by Crippen LogP contribution is 2.21. The summed E-state index contributed by atoms with van der Waals surface area (Å²) in [6.45, 7) is 7.31. The van der Waals surface area contributed by atoms with Crippen LogP contribution in [0.25, 0.3) is 0 Å². The minimum atomic E-state index is -0.421. The van der Waals surface area contributed by atoms with Gasteiger partial charge in [-0.2, -0.15) is 0 Å². The lowest BCUT2D eigenvalue weighted by molar-refractivity contribution is -0.117. The highest BCUT2D eigenvalue weighted by molar-refractivity contribution is 6.01. The number of aryl methyl sites for hydroxylation is 1. The van der Waals surface area contributed by atoms with Gasteiger partial charge in [-0.3, -0.25) is 9.69 Å². The number of para-hydroxylation sites is 1. The third-order valence-electron chi connectivity index (χ3n) is 5.34. The Morgan fingerprint density at radius 3 is 2.69 bits per heavy atom. The molecule has 2 heterocycles. The molecule has 0 atom stereocenters. The summed E-state index contributed by atoms with van der Waals surface area (Å²) >= 11 is 0. The molecule has 7 heteroatoms. The van der Waals surface area contributed by atoms with Crippen LogP contribution in [0, 0.1) is 5.92 Å². The number of nitrogens with one attached hydrogen (secondary N) is 1. The Morgan fingerprint density at radius 1 is 1.21 bits per heavy atom. The molecule has 1 aromatic carbocycles. The van der Waals surface area contributed by atoms with Gasteiger partial charge in [0.25, 0.3) is 0 Å². The van der Waals surface area contributed by atoms with E-state index in [-0.39, 0.29) is 5.91 Å². The van der Waals surface area contributed by atoms with Crippen LogP contribution in [0.5, 0.6) is 0 Å². The Labute approximate surface area is 172 Å². The Kier molecular flexibility index (Phi) is 7.41. The summed E-state index contributed by atoms with van der Waals surface area (Å²) in [5.41, 5.74) is 0.881. The number of piperidine rings is 1. The molecule has 1 aliphatic heterocycles. The van der Waals surface area contributed by atoms with Crippen molar-refractivity contribution in [2.24, 2.45) is 5.92 Å². The number of amides is 1. The van der Waals surface area contributed by atoms with Gasteiger partial charge in [0.05, 0.1) is 24.4 Å². The number of aromatic nitrogens is 2. The lowest BCUT2D eigenvalue weighted by Crippen LogP contribution is -2.40. The van der Waals surface area contributed by atoms with Crippen molar-refractivity contribution in [3.63, 3.8) is 0 Å². The summed E-state index contributed by atoms with van der Waals surface area (Å²) in [7, 11) is 0. The van der Waals surface area contributed by atoms with E-state index in [0.29, 0.717) is 30.3 Å². The van der Waals surface area contributed by atoms with Crippen molar-refractivity contribution < 1.29 is 14.3 Å². The van der Waals surface area contributed by atoms with Gasteiger partial charge in [0.15, 0.2) is 0 Å². The molecule has 0 bridgehead atoms. The molecule has 1 amide bonds. The molecule has 0 saturated carbocycles. The first-order chi connectivity index (χ1) is 14.1. The molecule has 0 spiro atoms. The summed E-state index contributed by atoms with van der Waals surface area (Å²) < 4.78 is 7.31. The Balaban J connectivity index is 1.49. The quantitative estimate of drug-likeness (QED) is 0.692. The number of hydrogen-bond acceptors (Lipinski definition) is 5. The van der Waals surface area contributed by atoms with Crippen LogP contribution in [-0.2, 0) is 22.5 Å². The van der Waals surface area contributed by atoms with E-state index in [4.69, 9.17) is 4.74 Å². The molecular weight excluding hydrogens is 368 g/mol. The molecule has 0 unspecified atom stereocenters. The molecule has 1 aliphatic rings. The average molecular weight is 399 g/mol. The summed E-state index contributed by atoms with van der Waals surface area (Å²) in [6.07, 6.45) is 6.99. The van der Waals surface area contributed by atoms with Gasteiger partial charge in [0.1, 0.15) is 5.82 Å². The van der Waals surface area contributed by atoms with Crippen LogP contribution in [0.15, 0.2) is 36.7 Å². The third-order valence-corrected chi connectivity index (χ3v) is 5.34. The van der Waals surface area contributed by atoms with Gasteiger partial charge in [-0.25, -0.2) is 9.78 Å². The van der Waals surface area contributed by atoms with E-state index < -0.39 is 5.97 Å². The second kappa shape index (κ2) is 10.2. The van der Waals surface area contributed by atoms with Gasteiger partial charge in [0, 0.05) is 25.4 Å². The van der Waals surface area contributed by atoms with Crippen LogP contribution in [0.4, 0.5) is 5.69 Å². The van der Waals surface area contributed by atoms with Crippen molar-refractivity contribution in [1.82, 2.24) is 14.5 Å². The minimum Gasteiger partial charge on any atom is -0.462 e. The monoisotopic (exact) mass is 398 g/mol. The molecule has 7 nitrogen and oxygen atoms in total. The second-order valence-electron chi connectivity index (χ2n) is 7.38. The number of anilines is 1. The average Bonchev–Trinajstić information content (AvgIpc) is 3.17. The van der Waals surface area contributed by atoms with Gasteiger partial charge >= 0.3 is 5.97 Å². The number of hydrogen-bond donors (Lipinski definition) is 1. The number of ether oxygens (including phenoxy) is 1. The zero-order valence-electron chi connectivity index (χ0n) is 17.3. The number of carbonyl (C=O) groups excluding carboxylic acids is 2. The van der Waals surface area contributed by atoms with Crippen molar-refractivity contribution in [2.75, 3.05) is 31.6 Å². The smallest absolute Gasteiger partial charge is 0.340 e. The minimum absolute atomic E-state index is 0.108. The first-order valence-corrected chi connectivity index (χ1v) is 10.4. The molecule has 1 fully saturated rings. The first kappa shape index (κ1) is 21.0. The molecule has 1 N–H and O–H groups in total. The lowest BCUT2D eigenvalue weighted by atomic mass is 9.96. The summed E-state index contributed by atoms with van der Waals surface area (Å²) in [5, 5.41) is 2.87. The maximum atomic E-state index is 12.5. The van der Waals surface area contributed by atoms with Gasteiger partial charge < -0.3 is 14.6 Å². The summed E-state index contributed by atoms with van der Waals surface area (Å²) in [4.78, 5) is 31.1. The molecule has 0 radical (unpaired) electrons. The van der Waals surface area contributed by atoms with E-state index in [2.05, 4.69) is 32.9 Å². The van der Waals surface area contributed by atoms with Gasteiger partial charge in [-0.1, -0.05) is 19.1 Å². The van der Waals surface area contributed by atoms with Gasteiger partial charge in [-0.15, -0.1) is 0 Å². The Hall–Kier alpha value is -2.67. The van der Waals surface area contributed by atoms with Crippen LogP contribution in [-0.4, -0.2) is 52.6 Å². The lowest BCUT2D eigenvalue weighted by Gasteiger charge is -2.31. The molecule has 1 aromatic heterocycles. The zero-order chi connectivity index (χ0) is 20.6. The summed E-state index contributed by atoms with van der Waals surface area (Å²) in [6, 6.07) is 6.95. The standard InChI is InChI=1S/C22H30N4O3/c1-3-20-23-11-14-26(20)15-17-9-12-25(13-10-17)16-21(27)24-19-8-6-5-7-18(19)22(28)29-4-2/h5-8,11,14,17H,3-4,9-10,12-13,15-16H2,1-2H3,(H,24,27). The largest absolute Gasteiger partial charge is 0.462 e. The Morgan fingerprint density at radius 2 is 1.97 bits per heavy atom. The molecule has 3 rings (SSSR count). The fourth-order valence-corrected chi connectivity index (χ4v) is 3.80.